The van der Waals surface area contributed by atoms with Gasteiger partial charge in [-0.15, -0.1) is 0 Å². The first kappa shape index (κ1) is 23.2. The van der Waals surface area contributed by atoms with Crippen molar-refractivity contribution in [2.45, 2.75) is 33.1 Å². The van der Waals surface area contributed by atoms with Crippen LogP contribution in [0, 0.1) is 13.8 Å². The van der Waals surface area contributed by atoms with E-state index in [1.54, 1.807) is 6.20 Å². The van der Waals surface area contributed by atoms with E-state index < -0.39 is 0 Å². The molecule has 4 aromatic rings. The van der Waals surface area contributed by atoms with Crippen LogP contribution in [0.5, 0.6) is 5.75 Å². The Kier molecular flexibility index (Phi) is 7.38. The zero-order valence-electron chi connectivity index (χ0n) is 19.7. The second kappa shape index (κ2) is 10.8. The summed E-state index contributed by atoms with van der Waals surface area (Å²) < 4.78 is 16.6. The van der Waals surface area contributed by atoms with Gasteiger partial charge in [0.15, 0.2) is 0 Å². The number of oxazole rings is 1. The first-order chi connectivity index (χ1) is 16.5. The van der Waals surface area contributed by atoms with Gasteiger partial charge in [-0.2, -0.15) is 0 Å². The van der Waals surface area contributed by atoms with Crippen LogP contribution in [0.1, 0.15) is 29.0 Å². The Labute approximate surface area is 199 Å². The number of hydrogen-bond acceptors (Lipinski definition) is 6. The third-order valence-corrected chi connectivity index (χ3v) is 5.73. The summed E-state index contributed by atoms with van der Waals surface area (Å²) in [7, 11) is 1.41. The molecule has 0 bridgehead atoms. The maximum Gasteiger partial charge on any atom is 0.305 e. The average Bonchev–Trinajstić information content (AvgIpc) is 3.24. The maximum atomic E-state index is 11.4. The molecule has 0 aliphatic heterocycles. The van der Waals surface area contributed by atoms with E-state index in [2.05, 4.69) is 9.97 Å². The van der Waals surface area contributed by atoms with Gasteiger partial charge < -0.3 is 13.9 Å². The Bertz CT molecular complexity index is 1250. The van der Waals surface area contributed by atoms with Crippen molar-refractivity contribution in [1.29, 1.82) is 0 Å². The lowest BCUT2D eigenvalue weighted by molar-refractivity contribution is -0.140. The molecule has 4 rings (SSSR count). The van der Waals surface area contributed by atoms with Gasteiger partial charge in [-0.25, -0.2) is 4.98 Å². The summed E-state index contributed by atoms with van der Waals surface area (Å²) in [6.07, 6.45) is 3.46. The molecule has 0 atom stereocenters. The van der Waals surface area contributed by atoms with Gasteiger partial charge in [-0.05, 0) is 67.8 Å². The molecule has 2 heterocycles. The Balaban J connectivity index is 1.35. The van der Waals surface area contributed by atoms with Crippen molar-refractivity contribution in [2.24, 2.45) is 0 Å². The smallest absolute Gasteiger partial charge is 0.305 e. The lowest BCUT2D eigenvalue weighted by atomic mass is 10.0. The average molecular weight is 457 g/mol. The van der Waals surface area contributed by atoms with Crippen LogP contribution in [0.2, 0.25) is 0 Å². The summed E-state index contributed by atoms with van der Waals surface area (Å²) in [5, 5.41) is 0. The number of hydrogen-bond donors (Lipinski definition) is 0. The van der Waals surface area contributed by atoms with Gasteiger partial charge in [-0.1, -0.05) is 24.3 Å². The third-order valence-electron chi connectivity index (χ3n) is 5.73. The van der Waals surface area contributed by atoms with Crippen molar-refractivity contribution in [3.05, 3.63) is 89.4 Å². The summed E-state index contributed by atoms with van der Waals surface area (Å²) in [5.41, 5.74) is 6.00. The quantitative estimate of drug-likeness (QED) is 0.299. The van der Waals surface area contributed by atoms with Crippen molar-refractivity contribution in [3.8, 4) is 28.5 Å². The molecule has 6 nitrogen and oxygen atoms in total. The predicted octanol–water partition coefficient (Wildman–Crippen LogP) is 5.75. The standard InChI is InChI=1S/C28H28N2O4/c1-19-18-24(13-11-21(19)12-14-27(31)32-3)33-17-15-25-20(2)34-28(30-25)23-9-7-22(8-10-23)26-6-4-5-16-29-26/h4-11,13,16,18H,12,14-15,17H2,1-3H3. The highest BCUT2D eigenvalue weighted by Gasteiger charge is 2.12. The van der Waals surface area contributed by atoms with Crippen molar-refractivity contribution in [1.82, 2.24) is 9.97 Å². The Morgan fingerprint density at radius 1 is 0.971 bits per heavy atom. The topological polar surface area (TPSA) is 74.5 Å². The molecule has 0 saturated carbocycles. The molecule has 0 N–H and O–H groups in total. The molecule has 34 heavy (non-hydrogen) atoms. The molecule has 0 amide bonds. The SMILES string of the molecule is COC(=O)CCc1ccc(OCCc2nc(-c3ccc(-c4ccccn4)cc3)oc2C)cc1C. The van der Waals surface area contributed by atoms with Crippen LogP contribution in [0.3, 0.4) is 0 Å². The van der Waals surface area contributed by atoms with E-state index in [9.17, 15) is 4.79 Å². The first-order valence-electron chi connectivity index (χ1n) is 11.3. The van der Waals surface area contributed by atoms with Crippen LogP contribution in [0.25, 0.3) is 22.7 Å². The highest BCUT2D eigenvalue weighted by atomic mass is 16.5. The van der Waals surface area contributed by atoms with Gasteiger partial charge in [0.2, 0.25) is 5.89 Å². The molecular weight excluding hydrogens is 428 g/mol. The van der Waals surface area contributed by atoms with Crippen molar-refractivity contribution in [3.63, 3.8) is 0 Å². The molecule has 0 fully saturated rings. The van der Waals surface area contributed by atoms with E-state index in [-0.39, 0.29) is 5.97 Å². The number of carbonyl (C=O) groups is 1. The fraction of sp³-hybridized carbons (Fsp3) is 0.250. The number of rotatable bonds is 9. The monoisotopic (exact) mass is 456 g/mol. The number of nitrogens with zero attached hydrogens (tertiary/aromatic N) is 2. The molecule has 0 saturated heterocycles. The minimum absolute atomic E-state index is 0.203. The Morgan fingerprint density at radius 3 is 2.47 bits per heavy atom. The van der Waals surface area contributed by atoms with Crippen LogP contribution in [-0.4, -0.2) is 29.7 Å². The Hall–Kier alpha value is -3.93. The van der Waals surface area contributed by atoms with Gasteiger partial charge in [-0.3, -0.25) is 9.78 Å². The molecule has 0 radical (unpaired) electrons. The van der Waals surface area contributed by atoms with Crippen LogP contribution in [-0.2, 0) is 22.4 Å². The highest BCUT2D eigenvalue weighted by molar-refractivity contribution is 5.69. The largest absolute Gasteiger partial charge is 0.493 e. The highest BCUT2D eigenvalue weighted by Crippen LogP contribution is 2.25. The summed E-state index contributed by atoms with van der Waals surface area (Å²) >= 11 is 0. The number of esters is 1. The predicted molar refractivity (Wildman–Crippen MR) is 131 cm³/mol. The van der Waals surface area contributed by atoms with E-state index >= 15 is 0 Å². The minimum Gasteiger partial charge on any atom is -0.493 e. The zero-order chi connectivity index (χ0) is 23.9. The van der Waals surface area contributed by atoms with Crippen LogP contribution < -0.4 is 4.74 Å². The summed E-state index contributed by atoms with van der Waals surface area (Å²) in [6.45, 7) is 4.44. The van der Waals surface area contributed by atoms with Crippen LogP contribution in [0.15, 0.2) is 71.3 Å². The van der Waals surface area contributed by atoms with Gasteiger partial charge in [0, 0.05) is 30.2 Å². The summed E-state index contributed by atoms with van der Waals surface area (Å²) in [6, 6.07) is 19.8. The second-order valence-corrected chi connectivity index (χ2v) is 8.08. The number of aryl methyl sites for hydroxylation is 3. The van der Waals surface area contributed by atoms with Gasteiger partial charge in [0.25, 0.3) is 0 Å². The summed E-state index contributed by atoms with van der Waals surface area (Å²) in [4.78, 5) is 20.4. The summed E-state index contributed by atoms with van der Waals surface area (Å²) in [5.74, 6) is 1.99. The number of benzene rings is 2. The van der Waals surface area contributed by atoms with E-state index in [0.29, 0.717) is 31.8 Å². The number of methoxy groups -OCH3 is 1. The van der Waals surface area contributed by atoms with E-state index in [4.69, 9.17) is 13.9 Å². The Morgan fingerprint density at radius 2 is 1.76 bits per heavy atom. The normalized spacial score (nSPS) is 10.8. The lowest BCUT2D eigenvalue weighted by Gasteiger charge is -2.10. The number of aromatic nitrogens is 2. The number of pyridine rings is 1. The molecule has 2 aromatic heterocycles. The fourth-order valence-electron chi connectivity index (χ4n) is 3.74. The molecule has 0 unspecified atom stereocenters. The van der Waals surface area contributed by atoms with Gasteiger partial charge in [0.1, 0.15) is 11.5 Å². The first-order valence-corrected chi connectivity index (χ1v) is 11.3. The fourth-order valence-corrected chi connectivity index (χ4v) is 3.74. The second-order valence-electron chi connectivity index (χ2n) is 8.08. The molecular formula is C28H28N2O4. The number of ether oxygens (including phenoxy) is 2. The van der Waals surface area contributed by atoms with E-state index in [0.717, 1.165) is 45.2 Å². The van der Waals surface area contributed by atoms with Crippen LogP contribution >= 0.6 is 0 Å². The van der Waals surface area contributed by atoms with Crippen LogP contribution in [0.4, 0.5) is 0 Å². The molecule has 0 aliphatic rings. The van der Waals surface area contributed by atoms with Gasteiger partial charge in [0.05, 0.1) is 25.1 Å². The van der Waals surface area contributed by atoms with Crippen molar-refractivity contribution in [2.75, 3.05) is 13.7 Å². The van der Waals surface area contributed by atoms with Crippen molar-refractivity contribution < 1.29 is 18.7 Å². The third kappa shape index (κ3) is 5.70. The molecule has 0 aliphatic carbocycles. The van der Waals surface area contributed by atoms with Crippen molar-refractivity contribution >= 4 is 5.97 Å². The number of carbonyl (C=O) groups excluding carboxylic acids is 1. The maximum absolute atomic E-state index is 11.4. The molecule has 6 heteroatoms. The zero-order valence-corrected chi connectivity index (χ0v) is 19.7. The minimum atomic E-state index is -0.203. The van der Waals surface area contributed by atoms with E-state index in [1.807, 2.05) is 74.5 Å². The molecule has 174 valence electrons. The molecule has 2 aromatic carbocycles. The van der Waals surface area contributed by atoms with Gasteiger partial charge >= 0.3 is 5.97 Å². The van der Waals surface area contributed by atoms with E-state index in [1.165, 1.54) is 7.11 Å². The molecule has 0 spiro atoms. The lowest BCUT2D eigenvalue weighted by Crippen LogP contribution is -2.04.